The summed E-state index contributed by atoms with van der Waals surface area (Å²) >= 11 is 3.54. The van der Waals surface area contributed by atoms with Gasteiger partial charge in [-0.05, 0) is 36.8 Å². The van der Waals surface area contributed by atoms with E-state index in [9.17, 15) is 0 Å². The molecule has 0 saturated heterocycles. The van der Waals surface area contributed by atoms with Crippen LogP contribution in [0.15, 0.2) is 64.2 Å². The summed E-state index contributed by atoms with van der Waals surface area (Å²) in [6.07, 6.45) is 0.978. The number of hydrogen-bond acceptors (Lipinski definition) is 2. The number of anilines is 1. The van der Waals surface area contributed by atoms with Crippen molar-refractivity contribution in [2.45, 2.75) is 19.4 Å². The Bertz CT molecular complexity index is 607. The number of halogens is 1. The summed E-state index contributed by atoms with van der Waals surface area (Å²) in [6, 6.07) is 19.1. The summed E-state index contributed by atoms with van der Waals surface area (Å²) in [5.41, 5.74) is 3.61. The summed E-state index contributed by atoms with van der Waals surface area (Å²) in [6.45, 7) is 2.09. The van der Waals surface area contributed by atoms with Gasteiger partial charge in [-0.2, -0.15) is 5.10 Å². The minimum atomic E-state index is 0.292. The monoisotopic (exact) mass is 314 g/mol. The molecule has 19 heavy (non-hydrogen) atoms. The average Bonchev–Trinajstić information content (AvgIpc) is 2.82. The Kier molecular flexibility index (Phi) is 3.38. The fraction of sp³-hybridized carbons (Fsp3) is 0.188. The van der Waals surface area contributed by atoms with E-state index in [0.29, 0.717) is 6.04 Å². The largest absolute Gasteiger partial charge is 0.258 e. The van der Waals surface area contributed by atoms with Crippen LogP contribution in [0.3, 0.4) is 0 Å². The zero-order valence-electron chi connectivity index (χ0n) is 10.8. The molecule has 1 heterocycles. The van der Waals surface area contributed by atoms with Gasteiger partial charge in [-0.15, -0.1) is 0 Å². The molecule has 1 aliphatic rings. The molecule has 0 bridgehead atoms. The van der Waals surface area contributed by atoms with Gasteiger partial charge in [0.1, 0.15) is 0 Å². The normalized spacial score (nSPS) is 18.5. The molecule has 3 heteroatoms. The van der Waals surface area contributed by atoms with Crippen LogP contribution in [-0.2, 0) is 0 Å². The maximum atomic E-state index is 4.68. The van der Waals surface area contributed by atoms with Crippen LogP contribution in [0.4, 0.5) is 5.69 Å². The SMILES string of the molecule is CC1=NN(c2ccccc2)[C@H](c2cccc(Br)c2)C1. The first kappa shape index (κ1) is 12.4. The lowest BCUT2D eigenvalue weighted by Crippen LogP contribution is -2.18. The lowest BCUT2D eigenvalue weighted by Gasteiger charge is -2.24. The highest BCUT2D eigenvalue weighted by Crippen LogP contribution is 2.35. The van der Waals surface area contributed by atoms with Gasteiger partial charge in [-0.25, -0.2) is 0 Å². The number of benzene rings is 2. The second-order valence-corrected chi connectivity index (χ2v) is 5.71. The van der Waals surface area contributed by atoms with Crippen LogP contribution < -0.4 is 5.01 Å². The maximum Gasteiger partial charge on any atom is 0.0828 e. The summed E-state index contributed by atoms with van der Waals surface area (Å²) < 4.78 is 1.11. The second-order valence-electron chi connectivity index (χ2n) is 4.79. The number of rotatable bonds is 2. The molecule has 3 rings (SSSR count). The fourth-order valence-corrected chi connectivity index (χ4v) is 2.87. The molecule has 0 unspecified atom stereocenters. The Morgan fingerprint density at radius 3 is 2.63 bits per heavy atom. The van der Waals surface area contributed by atoms with E-state index >= 15 is 0 Å². The van der Waals surface area contributed by atoms with E-state index in [-0.39, 0.29) is 0 Å². The number of hydrogen-bond donors (Lipinski definition) is 0. The molecule has 2 aromatic rings. The van der Waals surface area contributed by atoms with Crippen molar-refractivity contribution in [3.05, 3.63) is 64.6 Å². The van der Waals surface area contributed by atoms with Gasteiger partial charge in [0.15, 0.2) is 0 Å². The number of nitrogens with zero attached hydrogens (tertiary/aromatic N) is 2. The van der Waals surface area contributed by atoms with Gasteiger partial charge in [-0.3, -0.25) is 5.01 Å². The van der Waals surface area contributed by atoms with Crippen LogP contribution in [0, 0.1) is 0 Å². The Hall–Kier alpha value is -1.61. The van der Waals surface area contributed by atoms with Crippen molar-refractivity contribution in [1.82, 2.24) is 0 Å². The highest BCUT2D eigenvalue weighted by atomic mass is 79.9. The summed E-state index contributed by atoms with van der Waals surface area (Å²) in [7, 11) is 0. The lowest BCUT2D eigenvalue weighted by atomic mass is 10.0. The Balaban J connectivity index is 1.98. The van der Waals surface area contributed by atoms with E-state index < -0.39 is 0 Å². The van der Waals surface area contributed by atoms with Gasteiger partial charge < -0.3 is 0 Å². The van der Waals surface area contributed by atoms with Crippen molar-refractivity contribution in [2.24, 2.45) is 5.10 Å². The van der Waals surface area contributed by atoms with Gasteiger partial charge >= 0.3 is 0 Å². The topological polar surface area (TPSA) is 15.6 Å². The number of hydrazone groups is 1. The Morgan fingerprint density at radius 2 is 1.89 bits per heavy atom. The van der Waals surface area contributed by atoms with Gasteiger partial charge in [0, 0.05) is 16.6 Å². The Labute approximate surface area is 121 Å². The molecule has 0 aromatic heterocycles. The molecular formula is C16H15BrN2. The van der Waals surface area contributed by atoms with Gasteiger partial charge in [-0.1, -0.05) is 46.3 Å². The molecule has 0 saturated carbocycles. The highest BCUT2D eigenvalue weighted by Gasteiger charge is 2.27. The molecule has 0 aliphatic carbocycles. The van der Waals surface area contributed by atoms with Crippen LogP contribution in [0.5, 0.6) is 0 Å². The third-order valence-electron chi connectivity index (χ3n) is 3.32. The van der Waals surface area contributed by atoms with Crippen molar-refractivity contribution >= 4 is 27.3 Å². The molecule has 0 spiro atoms. The van der Waals surface area contributed by atoms with Gasteiger partial charge in [0.05, 0.1) is 11.7 Å². The highest BCUT2D eigenvalue weighted by molar-refractivity contribution is 9.10. The molecule has 2 nitrogen and oxygen atoms in total. The van der Waals surface area contributed by atoms with E-state index in [1.807, 2.05) is 6.07 Å². The van der Waals surface area contributed by atoms with E-state index in [4.69, 9.17) is 0 Å². The zero-order valence-corrected chi connectivity index (χ0v) is 12.3. The minimum absolute atomic E-state index is 0.292. The van der Waals surface area contributed by atoms with E-state index in [0.717, 1.165) is 16.6 Å². The van der Waals surface area contributed by atoms with Gasteiger partial charge in [0.25, 0.3) is 0 Å². The summed E-state index contributed by atoms with van der Waals surface area (Å²) in [5, 5.41) is 6.80. The molecule has 96 valence electrons. The molecule has 0 fully saturated rings. The average molecular weight is 315 g/mol. The van der Waals surface area contributed by atoms with Crippen molar-refractivity contribution in [2.75, 3.05) is 5.01 Å². The molecule has 0 N–H and O–H groups in total. The van der Waals surface area contributed by atoms with Crippen molar-refractivity contribution in [3.8, 4) is 0 Å². The standard InChI is InChI=1S/C16H15BrN2/c1-12-10-16(13-6-5-7-14(17)11-13)19(18-12)15-8-3-2-4-9-15/h2-9,11,16H,10H2,1H3/t16-/m0/s1. The van der Waals surface area contributed by atoms with Crippen molar-refractivity contribution in [1.29, 1.82) is 0 Å². The van der Waals surface area contributed by atoms with Crippen LogP contribution in [-0.4, -0.2) is 5.71 Å². The molecule has 0 amide bonds. The van der Waals surface area contributed by atoms with Crippen LogP contribution in [0.2, 0.25) is 0 Å². The maximum absolute atomic E-state index is 4.68. The minimum Gasteiger partial charge on any atom is -0.258 e. The fourth-order valence-electron chi connectivity index (χ4n) is 2.45. The van der Waals surface area contributed by atoms with Crippen molar-refractivity contribution in [3.63, 3.8) is 0 Å². The first-order valence-electron chi connectivity index (χ1n) is 6.38. The second kappa shape index (κ2) is 5.17. The molecular weight excluding hydrogens is 300 g/mol. The van der Waals surface area contributed by atoms with Crippen LogP contribution in [0.25, 0.3) is 0 Å². The summed E-state index contributed by atoms with van der Waals surface area (Å²) in [4.78, 5) is 0. The predicted octanol–water partition coefficient (Wildman–Crippen LogP) is 4.78. The molecule has 1 aliphatic heterocycles. The zero-order chi connectivity index (χ0) is 13.2. The predicted molar refractivity (Wildman–Crippen MR) is 83.5 cm³/mol. The first-order chi connectivity index (χ1) is 9.24. The van der Waals surface area contributed by atoms with E-state index in [2.05, 4.69) is 81.5 Å². The Morgan fingerprint density at radius 1 is 1.11 bits per heavy atom. The smallest absolute Gasteiger partial charge is 0.0828 e. The van der Waals surface area contributed by atoms with E-state index in [1.54, 1.807) is 0 Å². The summed E-state index contributed by atoms with van der Waals surface area (Å²) in [5.74, 6) is 0. The van der Waals surface area contributed by atoms with Crippen LogP contribution in [0.1, 0.15) is 24.9 Å². The third kappa shape index (κ3) is 2.56. The van der Waals surface area contributed by atoms with E-state index in [1.165, 1.54) is 11.3 Å². The number of para-hydroxylation sites is 1. The first-order valence-corrected chi connectivity index (χ1v) is 7.17. The van der Waals surface area contributed by atoms with Gasteiger partial charge in [0.2, 0.25) is 0 Å². The quantitative estimate of drug-likeness (QED) is 0.779. The molecule has 2 aromatic carbocycles. The molecule has 0 radical (unpaired) electrons. The lowest BCUT2D eigenvalue weighted by molar-refractivity contribution is 0.708. The molecule has 1 atom stereocenters. The van der Waals surface area contributed by atoms with Crippen molar-refractivity contribution < 1.29 is 0 Å². The van der Waals surface area contributed by atoms with Crippen LogP contribution >= 0.6 is 15.9 Å². The third-order valence-corrected chi connectivity index (χ3v) is 3.81.